The van der Waals surface area contributed by atoms with E-state index >= 15 is 0 Å². The number of nitrogens with two attached hydrogens (primary N) is 1. The minimum absolute atomic E-state index is 0.0347. The molecule has 1 aromatic carbocycles. The highest BCUT2D eigenvalue weighted by molar-refractivity contribution is 7.89. The SMILES string of the molecule is NC1=NS(=O)(=O)Cc2cccc(OCCCO)c21. The molecule has 0 atom stereocenters. The van der Waals surface area contributed by atoms with E-state index in [1.165, 1.54) is 0 Å². The quantitative estimate of drug-likeness (QED) is 0.750. The maximum Gasteiger partial charge on any atom is 0.259 e. The number of hydrogen-bond acceptors (Lipinski definition) is 5. The predicted octanol–water partition coefficient (Wildman–Crippen LogP) is -0.00350. The third-order valence-electron chi connectivity index (χ3n) is 2.50. The Labute approximate surface area is 105 Å². The highest BCUT2D eigenvalue weighted by Gasteiger charge is 2.24. The first kappa shape index (κ1) is 12.8. The maximum absolute atomic E-state index is 11.5. The molecule has 0 bridgehead atoms. The average Bonchev–Trinajstić information content (AvgIpc) is 2.27. The van der Waals surface area contributed by atoms with Gasteiger partial charge in [0.25, 0.3) is 10.0 Å². The van der Waals surface area contributed by atoms with E-state index < -0.39 is 10.0 Å². The number of amidine groups is 1. The summed E-state index contributed by atoms with van der Waals surface area (Å²) in [7, 11) is -3.52. The molecule has 1 heterocycles. The van der Waals surface area contributed by atoms with Crippen LogP contribution in [0.3, 0.4) is 0 Å². The molecular formula is C11H14N2O4S. The number of fused-ring (bicyclic) bond motifs is 1. The fourth-order valence-corrected chi connectivity index (χ4v) is 2.87. The third kappa shape index (κ3) is 2.62. The minimum atomic E-state index is -3.52. The van der Waals surface area contributed by atoms with E-state index in [0.717, 1.165) is 0 Å². The summed E-state index contributed by atoms with van der Waals surface area (Å²) in [5.41, 5.74) is 6.79. The molecule has 0 spiro atoms. The Kier molecular flexibility index (Phi) is 3.53. The summed E-state index contributed by atoms with van der Waals surface area (Å²) in [6, 6.07) is 5.10. The lowest BCUT2D eigenvalue weighted by Gasteiger charge is -2.17. The predicted molar refractivity (Wildman–Crippen MR) is 67.0 cm³/mol. The number of benzene rings is 1. The lowest BCUT2D eigenvalue weighted by molar-refractivity contribution is 0.233. The summed E-state index contributed by atoms with van der Waals surface area (Å²) in [5, 5.41) is 8.70. The topological polar surface area (TPSA) is 102 Å². The molecule has 3 N–H and O–H groups in total. The lowest BCUT2D eigenvalue weighted by Crippen LogP contribution is -2.24. The Morgan fingerprint density at radius 2 is 2.22 bits per heavy atom. The van der Waals surface area contributed by atoms with Gasteiger partial charge in [0.05, 0.1) is 17.9 Å². The van der Waals surface area contributed by atoms with Gasteiger partial charge in [-0.2, -0.15) is 0 Å². The first-order chi connectivity index (χ1) is 8.53. The standard InChI is InChI=1S/C11H14N2O4S/c12-11-10-8(7-18(15,16)13-11)3-1-4-9(10)17-6-2-5-14/h1,3-4,14H,2,5-7H2,(H2,12,13). The monoisotopic (exact) mass is 270 g/mol. The van der Waals surface area contributed by atoms with Crippen LogP contribution in [0.2, 0.25) is 0 Å². The van der Waals surface area contributed by atoms with E-state index in [9.17, 15) is 8.42 Å². The van der Waals surface area contributed by atoms with Crippen LogP contribution >= 0.6 is 0 Å². The first-order valence-corrected chi connectivity index (χ1v) is 7.08. The molecule has 0 fully saturated rings. The largest absolute Gasteiger partial charge is 0.493 e. The molecule has 0 saturated carbocycles. The maximum atomic E-state index is 11.5. The first-order valence-electron chi connectivity index (χ1n) is 5.47. The number of ether oxygens (including phenoxy) is 1. The highest BCUT2D eigenvalue weighted by atomic mass is 32.2. The number of sulfonamides is 1. The van der Waals surface area contributed by atoms with Crippen molar-refractivity contribution in [2.75, 3.05) is 13.2 Å². The van der Waals surface area contributed by atoms with Gasteiger partial charge in [-0.3, -0.25) is 0 Å². The molecule has 0 saturated heterocycles. The van der Waals surface area contributed by atoms with Gasteiger partial charge in [-0.25, -0.2) is 8.42 Å². The minimum Gasteiger partial charge on any atom is -0.493 e. The lowest BCUT2D eigenvalue weighted by atomic mass is 10.1. The van der Waals surface area contributed by atoms with Crippen LogP contribution in [0.15, 0.2) is 22.6 Å². The molecule has 98 valence electrons. The van der Waals surface area contributed by atoms with Gasteiger partial charge in [0.2, 0.25) is 0 Å². The van der Waals surface area contributed by atoms with E-state index in [1.807, 2.05) is 0 Å². The summed E-state index contributed by atoms with van der Waals surface area (Å²) >= 11 is 0. The normalized spacial score (nSPS) is 16.8. The van der Waals surface area contributed by atoms with Crippen molar-refractivity contribution in [2.45, 2.75) is 12.2 Å². The molecule has 0 aliphatic carbocycles. The highest BCUT2D eigenvalue weighted by Crippen LogP contribution is 2.28. The van der Waals surface area contributed by atoms with E-state index in [4.69, 9.17) is 15.6 Å². The Morgan fingerprint density at radius 1 is 1.44 bits per heavy atom. The second-order valence-corrected chi connectivity index (χ2v) is 5.55. The van der Waals surface area contributed by atoms with Crippen LogP contribution in [0.1, 0.15) is 17.5 Å². The van der Waals surface area contributed by atoms with Crippen LogP contribution in [-0.4, -0.2) is 32.6 Å². The van der Waals surface area contributed by atoms with E-state index in [0.29, 0.717) is 29.9 Å². The summed E-state index contributed by atoms with van der Waals surface area (Å²) in [6.45, 7) is 0.375. The van der Waals surface area contributed by atoms with Crippen molar-refractivity contribution in [2.24, 2.45) is 10.1 Å². The average molecular weight is 270 g/mol. The van der Waals surface area contributed by atoms with Gasteiger partial charge in [0, 0.05) is 13.0 Å². The molecule has 0 amide bonds. The number of aliphatic hydroxyl groups is 1. The molecule has 2 rings (SSSR count). The van der Waals surface area contributed by atoms with Gasteiger partial charge in [-0.05, 0) is 11.6 Å². The molecule has 0 radical (unpaired) electrons. The van der Waals surface area contributed by atoms with Crippen molar-refractivity contribution in [3.8, 4) is 5.75 Å². The van der Waals surface area contributed by atoms with Gasteiger partial charge in [-0.1, -0.05) is 12.1 Å². The van der Waals surface area contributed by atoms with Crippen molar-refractivity contribution in [3.05, 3.63) is 29.3 Å². The molecule has 18 heavy (non-hydrogen) atoms. The Balaban J connectivity index is 2.36. The Bertz CT molecular complexity index is 581. The van der Waals surface area contributed by atoms with E-state index in [-0.39, 0.29) is 18.2 Å². The zero-order chi connectivity index (χ0) is 13.2. The van der Waals surface area contributed by atoms with Crippen LogP contribution in [-0.2, 0) is 15.8 Å². The van der Waals surface area contributed by atoms with Crippen molar-refractivity contribution < 1.29 is 18.3 Å². The molecule has 6 nitrogen and oxygen atoms in total. The molecule has 1 aliphatic heterocycles. The smallest absolute Gasteiger partial charge is 0.259 e. The number of rotatable bonds is 4. The van der Waals surface area contributed by atoms with Crippen LogP contribution in [0.4, 0.5) is 0 Å². The Hall–Kier alpha value is -1.60. The zero-order valence-electron chi connectivity index (χ0n) is 9.67. The van der Waals surface area contributed by atoms with Crippen LogP contribution in [0.25, 0.3) is 0 Å². The van der Waals surface area contributed by atoms with Crippen LogP contribution in [0, 0.1) is 0 Å². The van der Waals surface area contributed by atoms with Gasteiger partial charge < -0.3 is 15.6 Å². The summed E-state index contributed by atoms with van der Waals surface area (Å²) in [4.78, 5) is 0. The summed E-state index contributed by atoms with van der Waals surface area (Å²) in [5.74, 6) is 0.285. The molecule has 0 unspecified atom stereocenters. The van der Waals surface area contributed by atoms with Crippen molar-refractivity contribution >= 4 is 15.9 Å². The van der Waals surface area contributed by atoms with Crippen molar-refractivity contribution in [3.63, 3.8) is 0 Å². The molecular weight excluding hydrogens is 256 g/mol. The van der Waals surface area contributed by atoms with E-state index in [2.05, 4.69) is 4.40 Å². The molecule has 1 aliphatic rings. The summed E-state index contributed by atoms with van der Waals surface area (Å²) in [6.07, 6.45) is 0.499. The fourth-order valence-electron chi connectivity index (χ4n) is 1.78. The Morgan fingerprint density at radius 3 is 2.94 bits per heavy atom. The van der Waals surface area contributed by atoms with Crippen molar-refractivity contribution in [1.82, 2.24) is 0 Å². The second kappa shape index (κ2) is 4.95. The molecule has 0 aromatic heterocycles. The third-order valence-corrected chi connectivity index (χ3v) is 3.65. The summed E-state index contributed by atoms with van der Waals surface area (Å²) < 4.78 is 31.9. The molecule has 1 aromatic rings. The van der Waals surface area contributed by atoms with Crippen LogP contribution in [0.5, 0.6) is 5.75 Å². The van der Waals surface area contributed by atoms with Gasteiger partial charge in [-0.15, -0.1) is 4.40 Å². The van der Waals surface area contributed by atoms with Crippen LogP contribution < -0.4 is 10.5 Å². The van der Waals surface area contributed by atoms with E-state index in [1.54, 1.807) is 18.2 Å². The fraction of sp³-hybridized carbons (Fsp3) is 0.364. The number of hydrogen-bond donors (Lipinski definition) is 2. The number of aliphatic hydroxyl groups excluding tert-OH is 1. The van der Waals surface area contributed by atoms with Crippen molar-refractivity contribution in [1.29, 1.82) is 0 Å². The molecule has 7 heteroatoms. The number of nitrogens with zero attached hydrogens (tertiary/aromatic N) is 1. The second-order valence-electron chi connectivity index (χ2n) is 3.92. The van der Waals surface area contributed by atoms with Gasteiger partial charge in [0.1, 0.15) is 11.6 Å². The van der Waals surface area contributed by atoms with Gasteiger partial charge >= 0.3 is 0 Å². The van der Waals surface area contributed by atoms with Gasteiger partial charge in [0.15, 0.2) is 0 Å². The zero-order valence-corrected chi connectivity index (χ0v) is 10.5.